The van der Waals surface area contributed by atoms with Crippen LogP contribution in [0.4, 0.5) is 16.9 Å². The van der Waals surface area contributed by atoms with Crippen molar-refractivity contribution in [3.63, 3.8) is 0 Å². The van der Waals surface area contributed by atoms with Gasteiger partial charge in [0.25, 0.3) is 0 Å². The van der Waals surface area contributed by atoms with Gasteiger partial charge in [-0.2, -0.15) is 0 Å². The van der Waals surface area contributed by atoms with E-state index in [4.69, 9.17) is 9.53 Å². The van der Waals surface area contributed by atoms with Crippen LogP contribution >= 0.6 is 11.8 Å². The van der Waals surface area contributed by atoms with Crippen molar-refractivity contribution in [2.24, 2.45) is 0 Å². The molecule has 0 fully saturated rings. The van der Waals surface area contributed by atoms with Crippen molar-refractivity contribution in [1.29, 1.82) is 0 Å². The second-order valence-electron chi connectivity index (χ2n) is 4.83. The fraction of sp³-hybridized carbons (Fsp3) is 0.133. The molecule has 0 aliphatic heterocycles. The van der Waals surface area contributed by atoms with Gasteiger partial charge in [-0.3, -0.25) is 4.74 Å². The Morgan fingerprint density at radius 3 is 1.84 bits per heavy atom. The van der Waals surface area contributed by atoms with Crippen LogP contribution in [-0.4, -0.2) is 30.2 Å². The van der Waals surface area contributed by atoms with Crippen molar-refractivity contribution < 1.29 is 26.4 Å². The summed E-state index contributed by atoms with van der Waals surface area (Å²) in [6, 6.07) is 18.0. The number of rotatable bonds is 4. The van der Waals surface area contributed by atoms with Crippen LogP contribution in [0.1, 0.15) is 12.5 Å². The molecule has 25 heavy (non-hydrogen) atoms. The van der Waals surface area contributed by atoms with Gasteiger partial charge in [-0.25, -0.2) is 0 Å². The van der Waals surface area contributed by atoms with E-state index in [0.717, 1.165) is 5.75 Å². The van der Waals surface area contributed by atoms with E-state index in [1.807, 2.05) is 42.5 Å². The van der Waals surface area contributed by atoms with Gasteiger partial charge >= 0.3 is 42.3 Å². The molecule has 1 N–H and O–H groups in total. The third-order valence-corrected chi connectivity index (χ3v) is 3.42. The fourth-order valence-electron chi connectivity index (χ4n) is 1.52. The zero-order valence-electron chi connectivity index (χ0n) is 12.9. The molecule has 2 nitrogen and oxygen atoms in total. The first-order valence-electron chi connectivity index (χ1n) is 6.72. The first-order valence-corrected chi connectivity index (χ1v) is 13.5. The summed E-state index contributed by atoms with van der Waals surface area (Å²) in [4.78, 5) is 10.2. The predicted octanol–water partition coefficient (Wildman–Crippen LogP) is 6.02. The Hall–Kier alpha value is -1.34. The normalized spacial score (nSPS) is 13.7. The van der Waals surface area contributed by atoms with Crippen LogP contribution in [0.3, 0.4) is 0 Å². The van der Waals surface area contributed by atoms with Crippen LogP contribution in [0.5, 0.6) is 5.75 Å². The van der Waals surface area contributed by atoms with Crippen LogP contribution < -0.4 is 4.74 Å². The number of thioether (sulfide) groups is 1. The number of hydrogen-bond acceptors (Lipinski definition) is 2. The van der Waals surface area contributed by atoms with Crippen molar-refractivity contribution in [3.8, 4) is 5.75 Å². The summed E-state index contributed by atoms with van der Waals surface area (Å²) in [7, 11) is 0. The van der Waals surface area contributed by atoms with E-state index in [-0.39, 0.29) is 5.97 Å². The van der Waals surface area contributed by atoms with E-state index in [2.05, 4.69) is 12.1 Å². The van der Waals surface area contributed by atoms with Crippen molar-refractivity contribution in [1.82, 2.24) is 0 Å². The standard InChI is InChI=1S/C15H14O2S.6FH.Sb/c1-12(16)17-14-7-9-15(10-8-14)18-11-13-5-3-2-4-6-13;;;;;;;/h2-10H,11H2,1H3;6*1H;/q;;;;;;;+5/p-5. The fourth-order valence-corrected chi connectivity index (χ4v) is 2.37. The number of carbonyl (C=O) groups excluding carboxylic acids is 1. The van der Waals surface area contributed by atoms with Crippen LogP contribution in [0.15, 0.2) is 59.5 Å². The topological polar surface area (TPSA) is 30.6 Å². The summed E-state index contributed by atoms with van der Waals surface area (Å²) in [5.41, 5.74) is 1.31. The third-order valence-electron chi connectivity index (χ3n) is 2.34. The molecule has 0 aliphatic rings. The number of hydrogen-bond donors (Lipinski definition) is 0. The van der Waals surface area contributed by atoms with E-state index in [1.54, 1.807) is 11.8 Å². The molecule has 0 amide bonds. The van der Waals surface area contributed by atoms with Gasteiger partial charge in [0.15, 0.2) is 0 Å². The van der Waals surface area contributed by atoms with Crippen molar-refractivity contribution >= 4 is 37.2 Å². The van der Waals surface area contributed by atoms with Gasteiger partial charge in [0.2, 0.25) is 5.75 Å². The molecule has 10 heteroatoms. The van der Waals surface area contributed by atoms with Gasteiger partial charge in [-0.15, -0.1) is 11.8 Å². The molecular weight excluding hydrogens is 480 g/mol. The molecule has 0 saturated heterocycles. The molecule has 0 radical (unpaired) electrons. The summed E-state index contributed by atoms with van der Waals surface area (Å²) in [6.07, 6.45) is 0. The van der Waals surface area contributed by atoms with Crippen LogP contribution in [0, 0.1) is 0 Å². The Bertz CT molecular complexity index is 691. The maximum absolute atomic E-state index is 11.2. The van der Waals surface area contributed by atoms with E-state index in [9.17, 15) is 16.9 Å². The Labute approximate surface area is 147 Å². The summed E-state index contributed by atoms with van der Waals surface area (Å²) in [5, 5.41) is 0. The minimum atomic E-state index is -11.2. The van der Waals surface area contributed by atoms with Gasteiger partial charge in [0, 0.05) is 22.8 Å². The van der Waals surface area contributed by atoms with Crippen LogP contribution in [-0.2, 0) is 5.75 Å². The van der Waals surface area contributed by atoms with Gasteiger partial charge in [-0.1, -0.05) is 30.3 Å². The van der Waals surface area contributed by atoms with Crippen molar-refractivity contribution in [3.05, 3.63) is 60.2 Å². The van der Waals surface area contributed by atoms with Gasteiger partial charge in [0.05, 0.1) is 6.92 Å². The Balaban J connectivity index is 0.000000381. The average Bonchev–Trinajstić information content (AvgIpc) is 2.44. The van der Waals surface area contributed by atoms with Gasteiger partial charge < -0.3 is 4.79 Å². The van der Waals surface area contributed by atoms with Crippen molar-refractivity contribution in [2.45, 2.75) is 17.6 Å². The monoisotopic (exact) mass is 494 g/mol. The Morgan fingerprint density at radius 1 is 0.920 bits per heavy atom. The molecule has 0 saturated carbocycles. The molecule has 0 bridgehead atoms. The second kappa shape index (κ2) is 7.49. The van der Waals surface area contributed by atoms with E-state index in [0.29, 0.717) is 5.75 Å². The molecule has 0 atom stereocenters. The Kier molecular flexibility index (Phi) is 6.51. The van der Waals surface area contributed by atoms with E-state index >= 15 is 0 Å². The molecule has 0 aromatic heterocycles. The molecular formula is C15H15F6O2SSb. The number of halogens is 6. The zero-order valence-corrected chi connectivity index (χ0v) is 16.3. The number of esters is 1. The van der Waals surface area contributed by atoms with E-state index in [1.165, 1.54) is 17.4 Å². The zero-order chi connectivity index (χ0) is 19.2. The first kappa shape index (κ1) is 21.7. The summed E-state index contributed by atoms with van der Waals surface area (Å²) in [6.45, 7) is 1.51. The second-order valence-corrected chi connectivity index (χ2v) is 11.3. The van der Waals surface area contributed by atoms with Crippen LogP contribution in [0.25, 0.3) is 0 Å². The molecule has 2 aromatic carbocycles. The number of ether oxygens (including phenoxy) is 1. The van der Waals surface area contributed by atoms with Crippen molar-refractivity contribution in [2.75, 3.05) is 0 Å². The van der Waals surface area contributed by atoms with Gasteiger partial charge in [0.1, 0.15) is 0 Å². The molecule has 0 heterocycles. The maximum atomic E-state index is 9.93. The summed E-state index contributed by atoms with van der Waals surface area (Å²) < 4.78 is 64.6. The summed E-state index contributed by atoms with van der Waals surface area (Å²) in [5.74, 6) is 1.56. The summed E-state index contributed by atoms with van der Waals surface area (Å²) >= 11 is -9.47. The quantitative estimate of drug-likeness (QED) is 0.130. The third kappa shape index (κ3) is 14.7. The molecule has 0 spiro atoms. The molecule has 0 aliphatic carbocycles. The number of benzene rings is 2. The van der Waals surface area contributed by atoms with Gasteiger partial charge in [-0.05, 0) is 17.7 Å². The molecule has 0 unspecified atom stereocenters. The van der Waals surface area contributed by atoms with E-state index < -0.39 is 19.5 Å². The minimum absolute atomic E-state index is 0.0420. The molecule has 2 aromatic rings. The SMILES string of the molecule is CC(=[OH+])Oc1ccc(SCc2ccccc2)cc1.[F][Sb-]([F])([F])([F])([F])[F]. The molecule has 140 valence electrons. The predicted molar refractivity (Wildman–Crippen MR) is 88.1 cm³/mol. The molecule has 2 rings (SSSR count). The Morgan fingerprint density at radius 2 is 1.40 bits per heavy atom. The first-order chi connectivity index (χ1) is 11.2. The average molecular weight is 495 g/mol. The van der Waals surface area contributed by atoms with Crippen LogP contribution in [0.2, 0.25) is 0 Å².